The van der Waals surface area contributed by atoms with Crippen LogP contribution in [0.3, 0.4) is 0 Å². The number of ether oxygens (including phenoxy) is 1. The van der Waals surface area contributed by atoms with Crippen LogP contribution in [0.4, 0.5) is 10.1 Å². The number of aliphatic hydroxyl groups is 1. The topological polar surface area (TPSA) is 117 Å². The number of carbonyl (C=O) groups excluding carboxylic acids is 2. The zero-order valence-corrected chi connectivity index (χ0v) is 19.9. The third-order valence-corrected chi connectivity index (χ3v) is 5.61. The normalized spacial score (nSPS) is 15.2. The summed E-state index contributed by atoms with van der Waals surface area (Å²) in [5.41, 5.74) is 1.14. The van der Waals surface area contributed by atoms with Crippen LogP contribution in [0.2, 0.25) is 0 Å². The van der Waals surface area contributed by atoms with Gasteiger partial charge in [-0.15, -0.1) is 0 Å². The van der Waals surface area contributed by atoms with Gasteiger partial charge in [0.05, 0.1) is 17.9 Å². The molecule has 3 rings (SSSR count). The van der Waals surface area contributed by atoms with E-state index in [1.165, 1.54) is 18.2 Å². The number of nitrogens with zero attached hydrogens (tertiary/aromatic N) is 2. The summed E-state index contributed by atoms with van der Waals surface area (Å²) in [5, 5.41) is 16.9. The van der Waals surface area contributed by atoms with Crippen molar-refractivity contribution in [3.8, 4) is 5.75 Å². The number of ketones is 1. The largest absolute Gasteiger partial charge is 0.484 e. The second kappa shape index (κ2) is 11.7. The Morgan fingerprint density at radius 1 is 1.31 bits per heavy atom. The molecule has 0 radical (unpaired) electrons. The van der Waals surface area contributed by atoms with Crippen LogP contribution in [0.15, 0.2) is 60.2 Å². The maximum absolute atomic E-state index is 14.6. The first-order valence-electron chi connectivity index (χ1n) is 11.5. The van der Waals surface area contributed by atoms with E-state index in [0.29, 0.717) is 23.4 Å². The summed E-state index contributed by atoms with van der Waals surface area (Å²) in [7, 11) is 0. The lowest BCUT2D eigenvalue weighted by Gasteiger charge is -2.21. The smallest absolute Gasteiger partial charge is 0.254 e. The molecule has 4 N–H and O–H groups in total. The number of halogens is 1. The fourth-order valence-electron chi connectivity index (χ4n) is 3.39. The number of carbonyl (C=O) groups is 2. The molecule has 1 saturated carbocycles. The summed E-state index contributed by atoms with van der Waals surface area (Å²) >= 11 is 0. The zero-order valence-electron chi connectivity index (χ0n) is 19.9. The number of hydrazine groups is 1. The lowest BCUT2D eigenvalue weighted by molar-refractivity contribution is 0.0917. The summed E-state index contributed by atoms with van der Waals surface area (Å²) in [4.78, 5) is 24.4. The van der Waals surface area contributed by atoms with Gasteiger partial charge in [0.15, 0.2) is 5.78 Å². The molecule has 1 aliphatic carbocycles. The van der Waals surface area contributed by atoms with Crippen molar-refractivity contribution in [2.45, 2.75) is 45.3 Å². The molecule has 0 aromatic heterocycles. The minimum atomic E-state index is -0.778. The van der Waals surface area contributed by atoms with E-state index in [1.807, 2.05) is 6.92 Å². The molecular weight excluding hydrogens is 451 g/mol. The van der Waals surface area contributed by atoms with E-state index in [4.69, 9.17) is 15.7 Å². The van der Waals surface area contributed by atoms with Gasteiger partial charge in [-0.1, -0.05) is 13.5 Å². The summed E-state index contributed by atoms with van der Waals surface area (Å²) < 4.78 is 20.6. The molecule has 35 heavy (non-hydrogen) atoms. The van der Waals surface area contributed by atoms with Crippen LogP contribution in [-0.2, 0) is 0 Å². The molecule has 9 heteroatoms. The Hall–Kier alpha value is -3.56. The van der Waals surface area contributed by atoms with E-state index in [9.17, 15) is 14.0 Å². The number of nitrogens with two attached hydrogens (primary N) is 1. The van der Waals surface area contributed by atoms with Crippen molar-refractivity contribution < 1.29 is 23.8 Å². The highest BCUT2D eigenvalue weighted by atomic mass is 19.1. The maximum atomic E-state index is 14.6. The van der Waals surface area contributed by atoms with Crippen molar-refractivity contribution in [1.82, 2.24) is 5.32 Å². The van der Waals surface area contributed by atoms with E-state index in [1.54, 1.807) is 31.2 Å². The maximum Gasteiger partial charge on any atom is 0.254 e. The van der Waals surface area contributed by atoms with Gasteiger partial charge in [0, 0.05) is 23.6 Å². The molecule has 2 aromatic carbocycles. The first-order chi connectivity index (χ1) is 16.8. The van der Waals surface area contributed by atoms with Crippen LogP contribution in [0.1, 0.15) is 53.8 Å². The number of benzene rings is 2. The molecule has 0 heterocycles. The van der Waals surface area contributed by atoms with Gasteiger partial charge in [0.25, 0.3) is 5.91 Å². The van der Waals surface area contributed by atoms with Gasteiger partial charge < -0.3 is 15.2 Å². The minimum Gasteiger partial charge on any atom is -0.484 e. The Labute approximate surface area is 204 Å². The molecule has 0 spiro atoms. The molecule has 2 atom stereocenters. The summed E-state index contributed by atoms with van der Waals surface area (Å²) in [5.74, 6) is 5.51. The Bertz CT molecular complexity index is 1100. The molecule has 1 aliphatic rings. The van der Waals surface area contributed by atoms with Gasteiger partial charge in [-0.3, -0.25) is 9.59 Å². The van der Waals surface area contributed by atoms with Crippen LogP contribution in [0.5, 0.6) is 5.75 Å². The van der Waals surface area contributed by atoms with E-state index in [0.717, 1.165) is 24.0 Å². The van der Waals surface area contributed by atoms with Crippen LogP contribution < -0.4 is 21.0 Å². The van der Waals surface area contributed by atoms with E-state index in [-0.39, 0.29) is 29.6 Å². The van der Waals surface area contributed by atoms with Crippen molar-refractivity contribution in [2.24, 2.45) is 16.9 Å². The van der Waals surface area contributed by atoms with Gasteiger partial charge in [0.2, 0.25) is 0 Å². The number of rotatable bonds is 12. The predicted molar refractivity (Wildman–Crippen MR) is 133 cm³/mol. The monoisotopic (exact) mass is 482 g/mol. The van der Waals surface area contributed by atoms with Crippen molar-refractivity contribution in [1.29, 1.82) is 0 Å². The van der Waals surface area contributed by atoms with E-state index < -0.39 is 23.9 Å². The van der Waals surface area contributed by atoms with Gasteiger partial charge in [-0.2, -0.15) is 10.2 Å². The first-order valence-corrected chi connectivity index (χ1v) is 11.5. The van der Waals surface area contributed by atoms with Crippen molar-refractivity contribution in [3.05, 3.63) is 72.1 Å². The molecule has 1 fully saturated rings. The van der Waals surface area contributed by atoms with Gasteiger partial charge in [-0.05, 0) is 68.7 Å². The minimum absolute atomic E-state index is 0.151. The van der Waals surface area contributed by atoms with Gasteiger partial charge >= 0.3 is 0 Å². The zero-order chi connectivity index (χ0) is 25.5. The Balaban J connectivity index is 1.71. The molecule has 0 saturated heterocycles. The molecule has 0 aliphatic heterocycles. The molecule has 0 bridgehead atoms. The van der Waals surface area contributed by atoms with Crippen LogP contribution in [0.25, 0.3) is 0 Å². The number of amides is 1. The highest BCUT2D eigenvalue weighted by Gasteiger charge is 2.30. The number of hydrogen-bond acceptors (Lipinski definition) is 7. The molecule has 1 unspecified atom stereocenters. The first kappa shape index (κ1) is 26.1. The lowest BCUT2D eigenvalue weighted by atomic mass is 10.1. The molecule has 1 amide bonds. The number of Topliss-reactive ketones (excluding diaryl/α,β-unsaturated/α-hetero) is 1. The number of hydrogen-bond donors (Lipinski definition) is 3. The Kier molecular flexibility index (Phi) is 8.73. The molecule has 2 aromatic rings. The quantitative estimate of drug-likeness (QED) is 0.184. The average molecular weight is 483 g/mol. The van der Waals surface area contributed by atoms with Crippen molar-refractivity contribution in [2.75, 3.05) is 11.7 Å². The lowest BCUT2D eigenvalue weighted by Crippen LogP contribution is -2.35. The van der Waals surface area contributed by atoms with Gasteiger partial charge in [-0.25, -0.2) is 10.2 Å². The van der Waals surface area contributed by atoms with Crippen molar-refractivity contribution in [3.63, 3.8) is 0 Å². The van der Waals surface area contributed by atoms with Crippen LogP contribution in [0, 0.1) is 11.7 Å². The second-order valence-electron chi connectivity index (χ2n) is 8.47. The third-order valence-electron chi connectivity index (χ3n) is 5.61. The number of aliphatic hydroxyl groups excluding tert-OH is 1. The second-order valence-corrected chi connectivity index (χ2v) is 8.47. The van der Waals surface area contributed by atoms with Crippen LogP contribution in [-0.4, -0.2) is 41.3 Å². The van der Waals surface area contributed by atoms with E-state index in [2.05, 4.69) is 17.0 Å². The SMILES string of the molecule is C=C/C(=N\N(N)c1ccc(C(=O)N[C@H](C)CO)c(F)c1)C(CC)Oc1ccc(C(=O)C2CC2)cc1. The van der Waals surface area contributed by atoms with Gasteiger partial charge in [0.1, 0.15) is 23.4 Å². The molecule has 186 valence electrons. The number of nitrogens with one attached hydrogen (secondary N) is 1. The van der Waals surface area contributed by atoms with Crippen LogP contribution >= 0.6 is 0 Å². The number of hydrazone groups is 1. The Morgan fingerprint density at radius 3 is 2.54 bits per heavy atom. The predicted octanol–water partition coefficient (Wildman–Crippen LogP) is 3.61. The summed E-state index contributed by atoms with van der Waals surface area (Å²) in [6.45, 7) is 7.04. The summed E-state index contributed by atoms with van der Waals surface area (Å²) in [6, 6.07) is 10.4. The third kappa shape index (κ3) is 6.74. The molecular formula is C26H31FN4O4. The Morgan fingerprint density at radius 2 is 2.00 bits per heavy atom. The molecule has 8 nitrogen and oxygen atoms in total. The summed E-state index contributed by atoms with van der Waals surface area (Å²) in [6.07, 6.45) is 3.48. The standard InChI is InChI=1S/C26H31FN4O4/c1-4-23(24(5-2)35-20-11-8-18(9-12-20)25(33)17-6-7-17)30-31(28)19-10-13-21(22(27)14-19)26(34)29-16(3)15-32/h4,8-14,16-17,24,32H,1,5-7,15,28H2,2-3H3,(H,29,34)/b30-23+/t16-,24?/m1/s1. The average Bonchev–Trinajstić information content (AvgIpc) is 3.71. The highest BCUT2D eigenvalue weighted by Crippen LogP contribution is 2.33. The van der Waals surface area contributed by atoms with Crippen molar-refractivity contribution >= 4 is 23.1 Å². The fraction of sp³-hybridized carbons (Fsp3) is 0.346. The fourth-order valence-corrected chi connectivity index (χ4v) is 3.39. The number of anilines is 1. The highest BCUT2D eigenvalue weighted by molar-refractivity contribution is 6.00. The van der Waals surface area contributed by atoms with E-state index >= 15 is 0 Å².